The zero-order valence-electron chi connectivity index (χ0n) is 11.7. The summed E-state index contributed by atoms with van der Waals surface area (Å²) in [7, 11) is 1.49. The highest BCUT2D eigenvalue weighted by Crippen LogP contribution is 2.29. The Balaban J connectivity index is 0.00000324. The van der Waals surface area contributed by atoms with E-state index in [-0.39, 0.29) is 18.2 Å². The minimum Gasteiger partial charge on any atom is -0.504 e. The quantitative estimate of drug-likeness (QED) is 0.752. The second-order valence-electron chi connectivity index (χ2n) is 5.00. The molecule has 0 bridgehead atoms. The average molecular weight is 290 g/mol. The van der Waals surface area contributed by atoms with Crippen LogP contribution in [0.2, 0.25) is 0 Å². The summed E-state index contributed by atoms with van der Waals surface area (Å²) in [6.45, 7) is 4.22. The summed E-state index contributed by atoms with van der Waals surface area (Å²) in [4.78, 5) is 0. The van der Waals surface area contributed by atoms with Gasteiger partial charge in [-0.15, -0.1) is 12.4 Å². The van der Waals surface area contributed by atoms with Crippen LogP contribution in [0.15, 0.2) is 18.2 Å². The number of aliphatic hydroxyl groups excluding tert-OH is 1. The number of ether oxygens (including phenoxy) is 1. The third-order valence-corrected chi connectivity index (χ3v) is 3.04. The van der Waals surface area contributed by atoms with Gasteiger partial charge in [-0.05, 0) is 36.5 Å². The molecule has 4 N–H and O–H groups in total. The van der Waals surface area contributed by atoms with Crippen molar-refractivity contribution < 1.29 is 14.9 Å². The number of hydrogen-bond donors (Lipinski definition) is 3. The van der Waals surface area contributed by atoms with Crippen molar-refractivity contribution in [1.82, 2.24) is 0 Å². The average Bonchev–Trinajstić information content (AvgIpc) is 2.34. The molecule has 2 atom stereocenters. The molecule has 0 radical (unpaired) electrons. The number of rotatable bonds is 6. The molecule has 0 aromatic heterocycles. The summed E-state index contributed by atoms with van der Waals surface area (Å²) in [6.07, 6.45) is 0.989. The van der Waals surface area contributed by atoms with Gasteiger partial charge in [-0.3, -0.25) is 0 Å². The van der Waals surface area contributed by atoms with E-state index in [1.54, 1.807) is 18.2 Å². The fourth-order valence-corrected chi connectivity index (χ4v) is 1.82. The number of methoxy groups -OCH3 is 1. The Labute approximate surface area is 121 Å². The van der Waals surface area contributed by atoms with Crippen molar-refractivity contribution in [3.05, 3.63) is 23.8 Å². The molecule has 0 saturated carbocycles. The monoisotopic (exact) mass is 289 g/mol. The van der Waals surface area contributed by atoms with Gasteiger partial charge >= 0.3 is 0 Å². The molecule has 0 amide bonds. The van der Waals surface area contributed by atoms with Gasteiger partial charge in [0.05, 0.1) is 19.3 Å². The lowest BCUT2D eigenvalue weighted by molar-refractivity contribution is 0.128. The second-order valence-corrected chi connectivity index (χ2v) is 5.00. The van der Waals surface area contributed by atoms with Crippen LogP contribution >= 0.6 is 12.4 Å². The number of aromatic hydroxyl groups is 1. The molecule has 4 nitrogen and oxygen atoms in total. The normalized spacial score (nSPS) is 13.8. The molecule has 0 fully saturated rings. The van der Waals surface area contributed by atoms with E-state index in [1.807, 2.05) is 0 Å². The van der Waals surface area contributed by atoms with E-state index in [1.165, 1.54) is 7.11 Å². The zero-order chi connectivity index (χ0) is 13.7. The van der Waals surface area contributed by atoms with Crippen molar-refractivity contribution in [2.75, 3.05) is 7.11 Å². The number of benzene rings is 1. The maximum absolute atomic E-state index is 10.00. The van der Waals surface area contributed by atoms with Gasteiger partial charge in [0.1, 0.15) is 0 Å². The molecule has 1 aromatic carbocycles. The Morgan fingerprint density at radius 1 is 1.26 bits per heavy atom. The number of phenols is 1. The molecule has 1 aromatic rings. The standard InChI is InChI=1S/C14H23NO3.ClH/c1-9(2)4-6-11(16)14(15)10-5-7-13(18-3)12(17)8-10;/h5,7-9,11,14,16-17H,4,6,15H2,1-3H3;1H/t11-,14+;/m0./s1. The molecule has 0 heterocycles. The molecular weight excluding hydrogens is 266 g/mol. The smallest absolute Gasteiger partial charge is 0.160 e. The molecule has 0 aliphatic heterocycles. The van der Waals surface area contributed by atoms with Crippen molar-refractivity contribution >= 4 is 12.4 Å². The molecule has 1 rings (SSSR count). The first-order chi connectivity index (χ1) is 8.45. The predicted octanol–water partition coefficient (Wildman–Crippen LogP) is 2.62. The van der Waals surface area contributed by atoms with Crippen LogP contribution in [0, 0.1) is 5.92 Å². The molecule has 0 unspecified atom stereocenters. The lowest BCUT2D eigenvalue weighted by Gasteiger charge is -2.20. The number of phenolic OH excluding ortho intramolecular Hbond substituents is 1. The summed E-state index contributed by atoms with van der Waals surface area (Å²) < 4.78 is 4.97. The van der Waals surface area contributed by atoms with E-state index >= 15 is 0 Å². The van der Waals surface area contributed by atoms with Gasteiger partial charge in [0.25, 0.3) is 0 Å². The molecule has 0 aliphatic rings. The number of aliphatic hydroxyl groups is 1. The van der Waals surface area contributed by atoms with Crippen molar-refractivity contribution in [2.45, 2.75) is 38.8 Å². The maximum Gasteiger partial charge on any atom is 0.160 e. The third-order valence-electron chi connectivity index (χ3n) is 3.04. The first kappa shape index (κ1) is 18.0. The fraction of sp³-hybridized carbons (Fsp3) is 0.571. The van der Waals surface area contributed by atoms with E-state index in [0.717, 1.165) is 6.42 Å². The highest BCUT2D eigenvalue weighted by Gasteiger charge is 2.18. The molecule has 0 saturated heterocycles. The van der Waals surface area contributed by atoms with Crippen molar-refractivity contribution in [3.63, 3.8) is 0 Å². The molecule has 0 spiro atoms. The summed E-state index contributed by atoms with van der Waals surface area (Å²) in [5.74, 6) is 0.986. The van der Waals surface area contributed by atoms with Gasteiger partial charge in [-0.2, -0.15) is 0 Å². The SMILES string of the molecule is COc1ccc([C@@H](N)[C@@H](O)CCC(C)C)cc1O.Cl. The Morgan fingerprint density at radius 3 is 2.37 bits per heavy atom. The van der Waals surface area contributed by atoms with E-state index in [4.69, 9.17) is 10.5 Å². The Hall–Kier alpha value is -0.970. The number of hydrogen-bond acceptors (Lipinski definition) is 4. The van der Waals surface area contributed by atoms with Gasteiger partial charge in [-0.25, -0.2) is 0 Å². The predicted molar refractivity (Wildman–Crippen MR) is 78.9 cm³/mol. The number of nitrogens with two attached hydrogens (primary N) is 1. The molecule has 0 aliphatic carbocycles. The fourth-order valence-electron chi connectivity index (χ4n) is 1.82. The van der Waals surface area contributed by atoms with Crippen LogP contribution in [-0.4, -0.2) is 23.4 Å². The number of halogens is 1. The minimum absolute atomic E-state index is 0. The summed E-state index contributed by atoms with van der Waals surface area (Å²) in [5, 5.41) is 19.7. The maximum atomic E-state index is 10.00. The highest BCUT2D eigenvalue weighted by atomic mass is 35.5. The van der Waals surface area contributed by atoms with Crippen LogP contribution in [0.5, 0.6) is 11.5 Å². The van der Waals surface area contributed by atoms with Crippen molar-refractivity contribution in [2.24, 2.45) is 11.7 Å². The van der Waals surface area contributed by atoms with Crippen LogP contribution in [0.4, 0.5) is 0 Å². The third kappa shape index (κ3) is 5.27. The van der Waals surface area contributed by atoms with Crippen molar-refractivity contribution in [3.8, 4) is 11.5 Å². The Kier molecular flexibility index (Phi) is 7.83. The first-order valence-electron chi connectivity index (χ1n) is 6.26. The lowest BCUT2D eigenvalue weighted by atomic mass is 9.96. The zero-order valence-corrected chi connectivity index (χ0v) is 12.5. The van der Waals surface area contributed by atoms with Crippen LogP contribution < -0.4 is 10.5 Å². The van der Waals surface area contributed by atoms with Crippen LogP contribution in [-0.2, 0) is 0 Å². The van der Waals surface area contributed by atoms with E-state index in [2.05, 4.69) is 13.8 Å². The van der Waals surface area contributed by atoms with E-state index in [9.17, 15) is 10.2 Å². The van der Waals surface area contributed by atoms with E-state index < -0.39 is 12.1 Å². The lowest BCUT2D eigenvalue weighted by Crippen LogP contribution is -2.26. The van der Waals surface area contributed by atoms with Crippen LogP contribution in [0.25, 0.3) is 0 Å². The van der Waals surface area contributed by atoms with Crippen molar-refractivity contribution in [1.29, 1.82) is 0 Å². The first-order valence-corrected chi connectivity index (χ1v) is 6.26. The van der Waals surface area contributed by atoms with Crippen LogP contribution in [0.1, 0.15) is 38.3 Å². The van der Waals surface area contributed by atoms with Gasteiger partial charge in [0.2, 0.25) is 0 Å². The van der Waals surface area contributed by atoms with Gasteiger partial charge in [0, 0.05) is 0 Å². The second kappa shape index (κ2) is 8.25. The molecule has 110 valence electrons. The largest absolute Gasteiger partial charge is 0.504 e. The summed E-state index contributed by atoms with van der Waals surface area (Å²) in [5.41, 5.74) is 6.70. The highest BCUT2D eigenvalue weighted by molar-refractivity contribution is 5.85. The Bertz CT molecular complexity index is 385. The van der Waals surface area contributed by atoms with Gasteiger partial charge in [-0.1, -0.05) is 19.9 Å². The van der Waals surface area contributed by atoms with Crippen LogP contribution in [0.3, 0.4) is 0 Å². The molecule has 19 heavy (non-hydrogen) atoms. The summed E-state index contributed by atoms with van der Waals surface area (Å²) in [6, 6.07) is 4.48. The van der Waals surface area contributed by atoms with Gasteiger partial charge in [0.15, 0.2) is 11.5 Å². The topological polar surface area (TPSA) is 75.7 Å². The van der Waals surface area contributed by atoms with E-state index in [0.29, 0.717) is 23.7 Å². The van der Waals surface area contributed by atoms with Gasteiger partial charge < -0.3 is 20.7 Å². The minimum atomic E-state index is -0.597. The molecule has 5 heteroatoms. The summed E-state index contributed by atoms with van der Waals surface area (Å²) >= 11 is 0. The molecular formula is C14H24ClNO3. The Morgan fingerprint density at radius 2 is 1.89 bits per heavy atom.